The first kappa shape index (κ1) is 37.6. The SMILES string of the molecule is FC(F)(F)C(F)(F)C(F)(F)OC(F)(C(F)(F)F)C(F)(F)OC(F)(C(F)(F)F)C(F)(F)OCCC[Si](Cl)(Cl)Cl. The molecule has 0 aromatic heterocycles. The van der Waals surface area contributed by atoms with E-state index in [-0.39, 0.29) is 0 Å². The summed E-state index contributed by atoms with van der Waals surface area (Å²) in [5.41, 5.74) is 0. The fourth-order valence-electron chi connectivity index (χ4n) is 1.78. The molecule has 26 heteroatoms. The van der Waals surface area contributed by atoms with E-state index in [1.165, 1.54) is 9.47 Å². The third kappa shape index (κ3) is 7.67. The Kier molecular flexibility index (Phi) is 10.7. The van der Waals surface area contributed by atoms with Gasteiger partial charge < -0.3 is 4.74 Å². The average molecular weight is 694 g/mol. The lowest BCUT2D eigenvalue weighted by molar-refractivity contribution is -0.571. The highest BCUT2D eigenvalue weighted by Gasteiger charge is 2.87. The fourth-order valence-corrected chi connectivity index (χ4v) is 3.53. The standard InChI is InChI=1S/C12H6Cl3F19O3Si/c13-38(14,15)3-1-2-35-11(31,32)5(18,8(23,24)25)37-12(33,34)6(19,9(26,27)28)36-10(29,30)4(16,17)7(20,21)22/h1-3H2. The number of hydrogen-bond acceptors (Lipinski definition) is 3. The van der Waals surface area contributed by atoms with Gasteiger partial charge in [-0.05, 0) is 12.5 Å². The number of hydrogen-bond donors (Lipinski definition) is 0. The summed E-state index contributed by atoms with van der Waals surface area (Å²) in [6.45, 7) is -1.89. The molecule has 0 fully saturated rings. The van der Waals surface area contributed by atoms with E-state index in [2.05, 4.69) is 4.74 Å². The highest BCUT2D eigenvalue weighted by Crippen LogP contribution is 2.58. The molecule has 0 aliphatic carbocycles. The van der Waals surface area contributed by atoms with Gasteiger partial charge in [0.25, 0.3) is 0 Å². The molecule has 38 heavy (non-hydrogen) atoms. The summed E-state index contributed by atoms with van der Waals surface area (Å²) in [6.07, 6.45) is -47.8. The van der Waals surface area contributed by atoms with Crippen molar-refractivity contribution in [2.24, 2.45) is 0 Å². The molecule has 0 bridgehead atoms. The monoisotopic (exact) mass is 692 g/mol. The maximum absolute atomic E-state index is 14.1. The molecule has 0 aromatic rings. The summed E-state index contributed by atoms with van der Waals surface area (Å²) in [5, 5.41) is 0. The second kappa shape index (κ2) is 10.8. The summed E-state index contributed by atoms with van der Waals surface area (Å²) in [6, 6.07) is -4.52. The van der Waals surface area contributed by atoms with Crippen LogP contribution in [0.25, 0.3) is 0 Å². The number of ether oxygens (including phenoxy) is 3. The van der Waals surface area contributed by atoms with E-state index < -0.39 is 79.6 Å². The zero-order valence-corrected chi connectivity index (χ0v) is 19.9. The first-order valence-corrected chi connectivity index (χ1v) is 13.6. The van der Waals surface area contributed by atoms with Crippen LogP contribution in [0.5, 0.6) is 0 Å². The average Bonchev–Trinajstić information content (AvgIpc) is 2.60. The van der Waals surface area contributed by atoms with Crippen molar-refractivity contribution in [1.82, 2.24) is 0 Å². The Morgan fingerprint density at radius 3 is 1.13 bits per heavy atom. The second-order valence-corrected chi connectivity index (χ2v) is 15.9. The Morgan fingerprint density at radius 2 is 0.816 bits per heavy atom. The zero-order chi connectivity index (χ0) is 31.2. The molecule has 0 radical (unpaired) electrons. The third-order valence-electron chi connectivity index (χ3n) is 3.63. The van der Waals surface area contributed by atoms with Crippen LogP contribution in [0.15, 0.2) is 0 Å². The van der Waals surface area contributed by atoms with E-state index in [1.807, 2.05) is 0 Å². The Labute approximate surface area is 211 Å². The van der Waals surface area contributed by atoms with Crippen LogP contribution in [0.2, 0.25) is 6.04 Å². The van der Waals surface area contributed by atoms with Gasteiger partial charge >= 0.3 is 60.5 Å². The minimum absolute atomic E-state index is 0.770. The molecule has 3 nitrogen and oxygen atoms in total. The van der Waals surface area contributed by atoms with Crippen LogP contribution in [-0.2, 0) is 14.2 Å². The lowest BCUT2D eigenvalue weighted by atomic mass is 10.2. The largest absolute Gasteiger partial charge is 0.462 e. The van der Waals surface area contributed by atoms with Crippen molar-refractivity contribution >= 4 is 39.2 Å². The van der Waals surface area contributed by atoms with Crippen molar-refractivity contribution < 1.29 is 97.6 Å². The molecule has 0 aliphatic rings. The molecule has 0 amide bonds. The maximum atomic E-state index is 14.1. The lowest BCUT2D eigenvalue weighted by Crippen LogP contribution is -2.69. The van der Waals surface area contributed by atoms with Gasteiger partial charge in [0.2, 0.25) is 0 Å². The molecule has 2 unspecified atom stereocenters. The molecule has 0 saturated carbocycles. The van der Waals surface area contributed by atoms with Gasteiger partial charge in [0.15, 0.2) is 0 Å². The Hall–Kier alpha value is -0.363. The first-order chi connectivity index (χ1) is 16.1. The molecule has 0 saturated heterocycles. The summed E-state index contributed by atoms with van der Waals surface area (Å²) >= 11 is 15.7. The second-order valence-electron chi connectivity index (χ2n) is 6.58. The van der Waals surface area contributed by atoms with Gasteiger partial charge in [-0.3, -0.25) is 9.47 Å². The van der Waals surface area contributed by atoms with Crippen LogP contribution in [0.1, 0.15) is 6.42 Å². The lowest BCUT2D eigenvalue weighted by Gasteiger charge is -2.41. The molecule has 0 aliphatic heterocycles. The summed E-state index contributed by atoms with van der Waals surface area (Å²) in [4.78, 5) is 0. The van der Waals surface area contributed by atoms with Crippen LogP contribution in [0, 0.1) is 0 Å². The number of alkyl halides is 19. The van der Waals surface area contributed by atoms with Crippen molar-refractivity contribution in [2.75, 3.05) is 6.61 Å². The van der Waals surface area contributed by atoms with Crippen LogP contribution in [0.4, 0.5) is 83.4 Å². The molecule has 0 N–H and O–H groups in total. The highest BCUT2D eigenvalue weighted by molar-refractivity contribution is 7.64. The molecular weight excluding hydrogens is 688 g/mol. The summed E-state index contributed by atoms with van der Waals surface area (Å²) in [7, 11) is 0. The fraction of sp³-hybridized carbons (Fsp3) is 1.00. The van der Waals surface area contributed by atoms with Crippen molar-refractivity contribution in [3.63, 3.8) is 0 Å². The summed E-state index contributed by atoms with van der Waals surface area (Å²) in [5.74, 6) is -23.9. The Balaban J connectivity index is 6.64. The molecular formula is C12H6Cl3F19O3Si. The predicted octanol–water partition coefficient (Wildman–Crippen LogP) is 8.51. The summed E-state index contributed by atoms with van der Waals surface area (Å²) < 4.78 is 254. The van der Waals surface area contributed by atoms with Crippen LogP contribution in [0.3, 0.4) is 0 Å². The van der Waals surface area contributed by atoms with Crippen molar-refractivity contribution in [3.8, 4) is 0 Å². The number of rotatable bonds is 12. The van der Waals surface area contributed by atoms with Crippen LogP contribution >= 0.6 is 33.2 Å². The molecule has 2 atom stereocenters. The van der Waals surface area contributed by atoms with Gasteiger partial charge in [0, 0.05) is 0 Å². The smallest absolute Gasteiger partial charge is 0.316 e. The molecule has 0 aromatic carbocycles. The van der Waals surface area contributed by atoms with Crippen molar-refractivity contribution in [3.05, 3.63) is 0 Å². The maximum Gasteiger partial charge on any atom is 0.462 e. The predicted molar refractivity (Wildman–Crippen MR) is 86.5 cm³/mol. The number of halogens is 22. The molecule has 0 spiro atoms. The first-order valence-electron chi connectivity index (χ1n) is 8.32. The van der Waals surface area contributed by atoms with Gasteiger partial charge in [-0.2, -0.15) is 83.4 Å². The van der Waals surface area contributed by atoms with Gasteiger partial charge in [-0.15, -0.1) is 33.2 Å². The molecule has 0 rings (SSSR count). The van der Waals surface area contributed by atoms with E-state index >= 15 is 0 Å². The van der Waals surface area contributed by atoms with E-state index in [4.69, 9.17) is 33.2 Å². The van der Waals surface area contributed by atoms with E-state index in [0.29, 0.717) is 0 Å². The van der Waals surface area contributed by atoms with Gasteiger partial charge in [-0.1, -0.05) is 0 Å². The van der Waals surface area contributed by atoms with Gasteiger partial charge in [0.05, 0.1) is 6.61 Å². The van der Waals surface area contributed by atoms with Crippen molar-refractivity contribution in [1.29, 1.82) is 0 Å². The van der Waals surface area contributed by atoms with Gasteiger partial charge in [-0.25, -0.2) is 0 Å². The van der Waals surface area contributed by atoms with Crippen molar-refractivity contribution in [2.45, 2.75) is 67.0 Å². The van der Waals surface area contributed by atoms with E-state index in [1.54, 1.807) is 0 Å². The Morgan fingerprint density at radius 1 is 0.474 bits per heavy atom. The quantitative estimate of drug-likeness (QED) is 0.0889. The highest BCUT2D eigenvalue weighted by atomic mass is 35.8. The normalized spacial score (nSPS) is 18.8. The van der Waals surface area contributed by atoms with Gasteiger partial charge in [0.1, 0.15) is 0 Å². The molecule has 230 valence electrons. The zero-order valence-electron chi connectivity index (χ0n) is 16.7. The minimum Gasteiger partial charge on any atom is -0.316 e. The third-order valence-corrected chi connectivity index (χ3v) is 6.25. The topological polar surface area (TPSA) is 27.7 Å². The van der Waals surface area contributed by atoms with E-state index in [9.17, 15) is 83.4 Å². The Bertz CT molecular complexity index is 810. The minimum atomic E-state index is -8.29. The van der Waals surface area contributed by atoms with E-state index in [0.717, 1.165) is 0 Å². The molecule has 0 heterocycles. The van der Waals surface area contributed by atoms with Crippen LogP contribution < -0.4 is 0 Å². The van der Waals surface area contributed by atoms with Crippen LogP contribution in [-0.4, -0.2) is 67.1 Å².